The van der Waals surface area contributed by atoms with Gasteiger partial charge in [-0.1, -0.05) is 41.9 Å². The van der Waals surface area contributed by atoms with E-state index in [1.165, 1.54) is 5.56 Å². The van der Waals surface area contributed by atoms with Gasteiger partial charge in [0.05, 0.1) is 24.3 Å². The van der Waals surface area contributed by atoms with Crippen LogP contribution in [0, 0.1) is 0 Å². The molecular formula is C27H36ClNO7. The maximum atomic E-state index is 12.2. The van der Waals surface area contributed by atoms with Gasteiger partial charge in [0, 0.05) is 19.6 Å². The molecule has 0 amide bonds. The largest absolute Gasteiger partial charge is 0.495 e. The van der Waals surface area contributed by atoms with E-state index < -0.39 is 17.5 Å². The highest BCUT2D eigenvalue weighted by Crippen LogP contribution is 2.48. The van der Waals surface area contributed by atoms with Crippen LogP contribution in [0.2, 0.25) is 5.02 Å². The Hall–Kier alpha value is -2.65. The van der Waals surface area contributed by atoms with Crippen LogP contribution in [0.1, 0.15) is 48.3 Å². The SMILES string of the molecule is COCCN(C)CCC[C@]1(O)c2ccccc2CCC[C@@H]1c1ccc(Cl)c(OC)c1.O=C(O)C(=O)O. The zero-order valence-corrected chi connectivity index (χ0v) is 21.8. The second-order valence-corrected chi connectivity index (χ2v) is 9.34. The first-order chi connectivity index (χ1) is 17.1. The minimum absolute atomic E-state index is 0.00315. The van der Waals surface area contributed by atoms with Crippen LogP contribution < -0.4 is 4.74 Å². The fourth-order valence-electron chi connectivity index (χ4n) is 4.71. The second kappa shape index (κ2) is 14.2. The molecule has 0 saturated heterocycles. The molecule has 0 heterocycles. The van der Waals surface area contributed by atoms with Gasteiger partial charge in [0.15, 0.2) is 0 Å². The molecule has 1 aliphatic carbocycles. The molecule has 0 aliphatic heterocycles. The fourth-order valence-corrected chi connectivity index (χ4v) is 4.90. The van der Waals surface area contributed by atoms with Crippen LogP contribution in [0.25, 0.3) is 0 Å². The van der Waals surface area contributed by atoms with Crippen LogP contribution in [0.15, 0.2) is 42.5 Å². The van der Waals surface area contributed by atoms with Gasteiger partial charge in [-0.15, -0.1) is 0 Å². The number of carboxylic acids is 2. The number of ether oxygens (including phenoxy) is 2. The number of likely N-dealkylation sites (N-methyl/N-ethyl adjacent to an activating group) is 1. The van der Waals surface area contributed by atoms with E-state index in [-0.39, 0.29) is 5.92 Å². The van der Waals surface area contributed by atoms with Gasteiger partial charge >= 0.3 is 11.9 Å². The zero-order chi connectivity index (χ0) is 26.7. The van der Waals surface area contributed by atoms with E-state index >= 15 is 0 Å². The van der Waals surface area contributed by atoms with Crippen molar-refractivity contribution in [1.29, 1.82) is 0 Å². The first kappa shape index (κ1) is 29.6. The van der Waals surface area contributed by atoms with Crippen LogP contribution in [0.4, 0.5) is 0 Å². The van der Waals surface area contributed by atoms with Crippen LogP contribution in [-0.4, -0.2) is 73.1 Å². The Balaban J connectivity index is 0.000000678. The van der Waals surface area contributed by atoms with Gasteiger partial charge in [0.25, 0.3) is 0 Å². The molecule has 2 atom stereocenters. The van der Waals surface area contributed by atoms with Gasteiger partial charge in [0.1, 0.15) is 5.75 Å². The van der Waals surface area contributed by atoms with Crippen LogP contribution in [-0.2, 0) is 26.3 Å². The van der Waals surface area contributed by atoms with Crippen molar-refractivity contribution in [3.63, 3.8) is 0 Å². The summed E-state index contributed by atoms with van der Waals surface area (Å²) in [6, 6.07) is 14.3. The summed E-state index contributed by atoms with van der Waals surface area (Å²) in [4.78, 5) is 20.5. The average molecular weight is 522 g/mol. The summed E-state index contributed by atoms with van der Waals surface area (Å²) in [7, 11) is 5.46. The van der Waals surface area contributed by atoms with E-state index in [1.54, 1.807) is 14.2 Å². The highest BCUT2D eigenvalue weighted by atomic mass is 35.5. The molecule has 2 aromatic rings. The number of aliphatic hydroxyl groups is 1. The lowest BCUT2D eigenvalue weighted by molar-refractivity contribution is -0.159. The molecule has 2 aromatic carbocycles. The molecule has 0 bridgehead atoms. The molecular weight excluding hydrogens is 486 g/mol. The van der Waals surface area contributed by atoms with Crippen molar-refractivity contribution in [1.82, 2.24) is 4.90 Å². The first-order valence-corrected chi connectivity index (χ1v) is 12.3. The van der Waals surface area contributed by atoms with Crippen molar-refractivity contribution < 1.29 is 34.4 Å². The van der Waals surface area contributed by atoms with Gasteiger partial charge in [-0.05, 0) is 74.5 Å². The number of aryl methyl sites for hydroxylation is 1. The highest BCUT2D eigenvalue weighted by molar-refractivity contribution is 6.32. The summed E-state index contributed by atoms with van der Waals surface area (Å²) in [5.41, 5.74) is 2.49. The number of aliphatic carboxylic acids is 2. The lowest BCUT2D eigenvalue weighted by Gasteiger charge is -2.37. The van der Waals surface area contributed by atoms with Gasteiger partial charge in [-0.2, -0.15) is 0 Å². The summed E-state index contributed by atoms with van der Waals surface area (Å²) in [6.07, 6.45) is 4.58. The zero-order valence-electron chi connectivity index (χ0n) is 21.1. The van der Waals surface area contributed by atoms with Crippen LogP contribution >= 0.6 is 11.6 Å². The number of benzene rings is 2. The second-order valence-electron chi connectivity index (χ2n) is 8.93. The van der Waals surface area contributed by atoms with Crippen molar-refractivity contribution in [2.24, 2.45) is 0 Å². The average Bonchev–Trinajstić information content (AvgIpc) is 3.00. The van der Waals surface area contributed by atoms with E-state index in [4.69, 9.17) is 40.9 Å². The summed E-state index contributed by atoms with van der Waals surface area (Å²) in [5.74, 6) is -2.99. The molecule has 3 N–H and O–H groups in total. The lowest BCUT2D eigenvalue weighted by atomic mass is 9.73. The van der Waals surface area contributed by atoms with E-state index in [2.05, 4.69) is 30.1 Å². The Labute approximate surface area is 217 Å². The maximum absolute atomic E-state index is 12.2. The standard InChI is InChI=1S/C25H34ClNO3.C2H2O4/c1-27(16-17-29-2)15-7-14-25(28)21-10-5-4-8-19(21)9-6-11-22(25)20-12-13-23(26)24(18-20)30-3;3-1(4)2(5)6/h4-5,8,10,12-13,18,22,28H,6-7,9,11,14-17H2,1-3H3;(H,3,4)(H,5,6)/t22-,25+;/m1./s1. The molecule has 0 aromatic heterocycles. The third kappa shape index (κ3) is 7.93. The van der Waals surface area contributed by atoms with Crippen molar-refractivity contribution in [2.45, 2.75) is 43.6 Å². The monoisotopic (exact) mass is 521 g/mol. The van der Waals surface area contributed by atoms with Gasteiger partial charge in [-0.3, -0.25) is 0 Å². The molecule has 198 valence electrons. The van der Waals surface area contributed by atoms with E-state index in [9.17, 15) is 5.11 Å². The van der Waals surface area contributed by atoms with Crippen LogP contribution in [0.3, 0.4) is 0 Å². The lowest BCUT2D eigenvalue weighted by Crippen LogP contribution is -2.35. The Bertz CT molecular complexity index is 1000. The Kier molecular flexibility index (Phi) is 11.7. The third-order valence-electron chi connectivity index (χ3n) is 6.53. The molecule has 9 heteroatoms. The molecule has 0 radical (unpaired) electrons. The van der Waals surface area contributed by atoms with E-state index in [0.717, 1.165) is 56.5 Å². The summed E-state index contributed by atoms with van der Waals surface area (Å²) in [6.45, 7) is 2.53. The highest BCUT2D eigenvalue weighted by Gasteiger charge is 2.41. The van der Waals surface area contributed by atoms with Crippen molar-refractivity contribution >= 4 is 23.5 Å². The van der Waals surface area contributed by atoms with E-state index in [0.29, 0.717) is 17.2 Å². The number of carbonyl (C=O) groups is 2. The minimum atomic E-state index is -1.82. The summed E-state index contributed by atoms with van der Waals surface area (Å²) >= 11 is 6.28. The summed E-state index contributed by atoms with van der Waals surface area (Å²) < 4.78 is 10.6. The number of halogens is 1. The molecule has 36 heavy (non-hydrogen) atoms. The Morgan fingerprint density at radius 1 is 1.11 bits per heavy atom. The molecule has 1 aliphatic rings. The first-order valence-electron chi connectivity index (χ1n) is 11.9. The van der Waals surface area contributed by atoms with Crippen molar-refractivity contribution in [2.75, 3.05) is 41.0 Å². The smallest absolute Gasteiger partial charge is 0.414 e. The quantitative estimate of drug-likeness (QED) is 0.332. The molecule has 0 spiro atoms. The van der Waals surface area contributed by atoms with E-state index in [1.807, 2.05) is 24.3 Å². The number of methoxy groups -OCH3 is 2. The minimum Gasteiger partial charge on any atom is -0.495 e. The number of hydrogen-bond acceptors (Lipinski definition) is 6. The number of carboxylic acid groups (broad SMARTS) is 2. The molecule has 0 fully saturated rings. The topological polar surface area (TPSA) is 117 Å². The Morgan fingerprint density at radius 3 is 2.44 bits per heavy atom. The van der Waals surface area contributed by atoms with Gasteiger partial charge < -0.3 is 29.7 Å². The predicted octanol–water partition coefficient (Wildman–Crippen LogP) is 4.17. The van der Waals surface area contributed by atoms with Gasteiger partial charge in [0.2, 0.25) is 0 Å². The number of rotatable bonds is 9. The number of nitrogens with zero attached hydrogens (tertiary/aromatic N) is 1. The van der Waals surface area contributed by atoms with Gasteiger partial charge in [-0.25, -0.2) is 9.59 Å². The van der Waals surface area contributed by atoms with Crippen molar-refractivity contribution in [3.05, 3.63) is 64.2 Å². The maximum Gasteiger partial charge on any atom is 0.414 e. The normalized spacial score (nSPS) is 19.0. The van der Waals surface area contributed by atoms with Crippen LogP contribution in [0.5, 0.6) is 5.75 Å². The molecule has 0 saturated carbocycles. The number of fused-ring (bicyclic) bond motifs is 1. The Morgan fingerprint density at radius 2 is 1.81 bits per heavy atom. The molecule has 3 rings (SSSR count). The fraction of sp³-hybridized carbons (Fsp3) is 0.481. The van der Waals surface area contributed by atoms with Crippen molar-refractivity contribution in [3.8, 4) is 5.75 Å². The predicted molar refractivity (Wildman–Crippen MR) is 138 cm³/mol. The summed E-state index contributed by atoms with van der Waals surface area (Å²) in [5, 5.41) is 27.6. The molecule has 8 nitrogen and oxygen atoms in total. The number of hydrogen-bond donors (Lipinski definition) is 3. The third-order valence-corrected chi connectivity index (χ3v) is 6.85. The molecule has 0 unspecified atom stereocenters.